The van der Waals surface area contributed by atoms with E-state index in [9.17, 15) is 4.79 Å². The van der Waals surface area contributed by atoms with E-state index in [4.69, 9.17) is 11.6 Å². The Morgan fingerprint density at radius 2 is 2.10 bits per heavy atom. The van der Waals surface area contributed by atoms with Crippen molar-refractivity contribution in [3.8, 4) is 0 Å². The van der Waals surface area contributed by atoms with Gasteiger partial charge in [0.15, 0.2) is 0 Å². The average molecular weight is 301 g/mol. The van der Waals surface area contributed by atoms with Crippen LogP contribution in [0, 0.1) is 0 Å². The molecule has 21 heavy (non-hydrogen) atoms. The summed E-state index contributed by atoms with van der Waals surface area (Å²) in [5, 5.41) is 6.66. The van der Waals surface area contributed by atoms with E-state index in [0.717, 1.165) is 5.56 Å². The maximum atomic E-state index is 12.2. The highest BCUT2D eigenvalue weighted by Gasteiger charge is 2.14. The second kappa shape index (κ2) is 5.93. The van der Waals surface area contributed by atoms with Crippen LogP contribution in [0.4, 0.5) is 0 Å². The zero-order valence-electron chi connectivity index (χ0n) is 11.1. The summed E-state index contributed by atoms with van der Waals surface area (Å²) in [5.41, 5.74) is 2.13. The SMILES string of the molecule is O=C(NCC(Cl)c1ccccc1)c1cnn2ccncc12. The molecule has 3 aromatic rings. The molecule has 1 amide bonds. The molecule has 3 rings (SSSR count). The Morgan fingerprint density at radius 3 is 2.90 bits per heavy atom. The van der Waals surface area contributed by atoms with Crippen LogP contribution in [0.2, 0.25) is 0 Å². The molecule has 1 N–H and O–H groups in total. The molecule has 1 atom stereocenters. The second-order valence-electron chi connectivity index (χ2n) is 4.55. The van der Waals surface area contributed by atoms with E-state index in [1.165, 1.54) is 6.20 Å². The van der Waals surface area contributed by atoms with Gasteiger partial charge in [0.05, 0.1) is 28.9 Å². The third kappa shape index (κ3) is 2.87. The number of hydrogen-bond acceptors (Lipinski definition) is 3. The lowest BCUT2D eigenvalue weighted by Crippen LogP contribution is -2.26. The lowest BCUT2D eigenvalue weighted by molar-refractivity contribution is 0.0955. The highest BCUT2D eigenvalue weighted by Crippen LogP contribution is 2.19. The number of nitrogens with zero attached hydrogens (tertiary/aromatic N) is 3. The Morgan fingerprint density at radius 1 is 1.29 bits per heavy atom. The molecular weight excluding hydrogens is 288 g/mol. The molecule has 0 bridgehead atoms. The van der Waals surface area contributed by atoms with Gasteiger partial charge in [0.25, 0.3) is 5.91 Å². The molecule has 0 spiro atoms. The zero-order chi connectivity index (χ0) is 14.7. The molecule has 1 unspecified atom stereocenters. The maximum absolute atomic E-state index is 12.2. The Hall–Kier alpha value is -2.40. The average Bonchev–Trinajstić information content (AvgIpc) is 2.97. The van der Waals surface area contributed by atoms with Crippen LogP contribution in [0.1, 0.15) is 21.3 Å². The standard InChI is InChI=1S/C15H13ClN4O/c16-13(11-4-2-1-3-5-11)9-18-15(21)12-8-19-20-7-6-17-10-14(12)20/h1-8,10,13H,9H2,(H,18,21). The van der Waals surface area contributed by atoms with Crippen molar-refractivity contribution in [2.75, 3.05) is 6.54 Å². The topological polar surface area (TPSA) is 59.3 Å². The number of rotatable bonds is 4. The van der Waals surface area contributed by atoms with Crippen molar-refractivity contribution in [3.63, 3.8) is 0 Å². The Bertz CT molecular complexity index is 756. The number of aromatic nitrogens is 3. The second-order valence-corrected chi connectivity index (χ2v) is 5.08. The molecule has 2 heterocycles. The Balaban J connectivity index is 1.70. The monoisotopic (exact) mass is 300 g/mol. The van der Waals surface area contributed by atoms with Crippen LogP contribution in [0.15, 0.2) is 55.1 Å². The van der Waals surface area contributed by atoms with Gasteiger partial charge in [-0.2, -0.15) is 5.10 Å². The summed E-state index contributed by atoms with van der Waals surface area (Å²) in [4.78, 5) is 16.2. The molecule has 2 aromatic heterocycles. The van der Waals surface area contributed by atoms with Crippen molar-refractivity contribution in [2.45, 2.75) is 5.38 Å². The quantitative estimate of drug-likeness (QED) is 0.753. The van der Waals surface area contributed by atoms with E-state index in [0.29, 0.717) is 17.6 Å². The third-order valence-electron chi connectivity index (χ3n) is 3.17. The smallest absolute Gasteiger partial charge is 0.255 e. The summed E-state index contributed by atoms with van der Waals surface area (Å²) >= 11 is 6.28. The van der Waals surface area contributed by atoms with Gasteiger partial charge in [0.2, 0.25) is 0 Å². The third-order valence-corrected chi connectivity index (χ3v) is 3.58. The van der Waals surface area contributed by atoms with Gasteiger partial charge in [-0.25, -0.2) is 4.52 Å². The fourth-order valence-corrected chi connectivity index (χ4v) is 2.29. The molecule has 0 saturated carbocycles. The number of carbonyl (C=O) groups is 1. The zero-order valence-corrected chi connectivity index (χ0v) is 11.9. The fraction of sp³-hybridized carbons (Fsp3) is 0.133. The van der Waals surface area contributed by atoms with Crippen LogP contribution in [-0.4, -0.2) is 27.0 Å². The molecule has 5 nitrogen and oxygen atoms in total. The molecule has 0 aliphatic heterocycles. The van der Waals surface area contributed by atoms with E-state index in [2.05, 4.69) is 15.4 Å². The van der Waals surface area contributed by atoms with Crippen LogP contribution in [0.3, 0.4) is 0 Å². The molecule has 106 valence electrons. The van der Waals surface area contributed by atoms with Gasteiger partial charge >= 0.3 is 0 Å². The molecule has 1 aromatic carbocycles. The fourth-order valence-electron chi connectivity index (χ4n) is 2.07. The number of carbonyl (C=O) groups excluding carboxylic acids is 1. The van der Waals surface area contributed by atoms with Crippen LogP contribution >= 0.6 is 11.6 Å². The number of fused-ring (bicyclic) bond motifs is 1. The maximum Gasteiger partial charge on any atom is 0.255 e. The van der Waals surface area contributed by atoms with Crippen LogP contribution in [0.25, 0.3) is 5.52 Å². The van der Waals surface area contributed by atoms with Crippen molar-refractivity contribution in [1.82, 2.24) is 19.9 Å². The van der Waals surface area contributed by atoms with Gasteiger partial charge in [-0.05, 0) is 5.56 Å². The number of alkyl halides is 1. The highest BCUT2D eigenvalue weighted by atomic mass is 35.5. The van der Waals surface area contributed by atoms with E-state index in [1.807, 2.05) is 30.3 Å². The summed E-state index contributed by atoms with van der Waals surface area (Å²) in [6.45, 7) is 0.349. The summed E-state index contributed by atoms with van der Waals surface area (Å²) in [5.74, 6) is -0.209. The first-order chi connectivity index (χ1) is 10.3. The predicted octanol–water partition coefficient (Wildman–Crippen LogP) is 2.44. The minimum absolute atomic E-state index is 0.209. The normalized spacial score (nSPS) is 12.2. The predicted molar refractivity (Wildman–Crippen MR) is 80.4 cm³/mol. The molecule has 0 radical (unpaired) electrons. The lowest BCUT2D eigenvalue weighted by atomic mass is 10.1. The van der Waals surface area contributed by atoms with Crippen LogP contribution in [0.5, 0.6) is 0 Å². The van der Waals surface area contributed by atoms with Crippen molar-refractivity contribution < 1.29 is 4.79 Å². The van der Waals surface area contributed by atoms with E-state index < -0.39 is 0 Å². The van der Waals surface area contributed by atoms with Crippen molar-refractivity contribution >= 4 is 23.0 Å². The van der Waals surface area contributed by atoms with Gasteiger partial charge in [0.1, 0.15) is 0 Å². The molecular formula is C15H13ClN4O. The van der Waals surface area contributed by atoms with Gasteiger partial charge in [0, 0.05) is 18.9 Å². The summed E-state index contributed by atoms with van der Waals surface area (Å²) in [7, 11) is 0. The minimum atomic E-state index is -0.268. The highest BCUT2D eigenvalue weighted by molar-refractivity contribution is 6.21. The summed E-state index contributed by atoms with van der Waals surface area (Å²) in [6.07, 6.45) is 6.45. The number of nitrogens with one attached hydrogen (secondary N) is 1. The summed E-state index contributed by atoms with van der Waals surface area (Å²) in [6, 6.07) is 9.64. The van der Waals surface area contributed by atoms with Crippen LogP contribution < -0.4 is 5.32 Å². The van der Waals surface area contributed by atoms with Crippen LogP contribution in [-0.2, 0) is 0 Å². The van der Waals surface area contributed by atoms with Gasteiger partial charge in [-0.3, -0.25) is 9.78 Å². The van der Waals surface area contributed by atoms with Gasteiger partial charge < -0.3 is 5.32 Å². The van der Waals surface area contributed by atoms with E-state index in [-0.39, 0.29) is 11.3 Å². The van der Waals surface area contributed by atoms with Crippen molar-refractivity contribution in [2.24, 2.45) is 0 Å². The Labute approximate surface area is 126 Å². The molecule has 0 aliphatic carbocycles. The van der Waals surface area contributed by atoms with Crippen molar-refractivity contribution in [1.29, 1.82) is 0 Å². The largest absolute Gasteiger partial charge is 0.350 e. The number of halogens is 1. The molecule has 0 saturated heterocycles. The number of amides is 1. The number of hydrogen-bond donors (Lipinski definition) is 1. The molecule has 0 fully saturated rings. The lowest BCUT2D eigenvalue weighted by Gasteiger charge is -2.10. The number of benzene rings is 1. The Kier molecular flexibility index (Phi) is 3.83. The van der Waals surface area contributed by atoms with E-state index >= 15 is 0 Å². The minimum Gasteiger partial charge on any atom is -0.350 e. The van der Waals surface area contributed by atoms with Gasteiger partial charge in [-0.15, -0.1) is 11.6 Å². The van der Waals surface area contributed by atoms with E-state index in [1.54, 1.807) is 23.1 Å². The first-order valence-electron chi connectivity index (χ1n) is 6.50. The first kappa shape index (κ1) is 13.6. The molecule has 6 heteroatoms. The van der Waals surface area contributed by atoms with Crippen molar-refractivity contribution in [3.05, 3.63) is 66.2 Å². The molecule has 0 aliphatic rings. The van der Waals surface area contributed by atoms with Gasteiger partial charge in [-0.1, -0.05) is 30.3 Å². The summed E-state index contributed by atoms with van der Waals surface area (Å²) < 4.78 is 1.61. The first-order valence-corrected chi connectivity index (χ1v) is 6.94.